The average Bonchev–Trinajstić information content (AvgIpc) is 2.44. The van der Waals surface area contributed by atoms with E-state index in [0.29, 0.717) is 17.2 Å². The lowest BCUT2D eigenvalue weighted by Gasteiger charge is -1.95. The zero-order valence-electron chi connectivity index (χ0n) is 7.33. The summed E-state index contributed by atoms with van der Waals surface area (Å²) >= 11 is 0. The number of aryl methyl sites for hydroxylation is 1. The molecule has 0 fully saturated rings. The predicted octanol–water partition coefficient (Wildman–Crippen LogP) is -0.232. The Morgan fingerprint density at radius 3 is 3.08 bits per heavy atom. The highest BCUT2D eigenvalue weighted by Crippen LogP contribution is 2.08. The zero-order chi connectivity index (χ0) is 9.42. The summed E-state index contributed by atoms with van der Waals surface area (Å²) < 4.78 is 1.48. The monoisotopic (exact) mass is 179 g/mol. The van der Waals surface area contributed by atoms with Crippen molar-refractivity contribution in [3.8, 4) is 0 Å². The molecule has 0 aliphatic heterocycles. The Kier molecular flexibility index (Phi) is 1.54. The van der Waals surface area contributed by atoms with Gasteiger partial charge in [-0.05, 0) is 6.92 Å². The van der Waals surface area contributed by atoms with Gasteiger partial charge >= 0.3 is 0 Å². The van der Waals surface area contributed by atoms with Crippen LogP contribution >= 0.6 is 0 Å². The van der Waals surface area contributed by atoms with Gasteiger partial charge in [0.2, 0.25) is 5.95 Å². The molecule has 0 aromatic carbocycles. The Labute approximate surface area is 73.6 Å². The van der Waals surface area contributed by atoms with Gasteiger partial charge in [-0.15, -0.1) is 0 Å². The van der Waals surface area contributed by atoms with Crippen LogP contribution in [0.4, 0.5) is 5.95 Å². The van der Waals surface area contributed by atoms with Gasteiger partial charge < -0.3 is 10.3 Å². The molecule has 2 aromatic heterocycles. The summed E-state index contributed by atoms with van der Waals surface area (Å²) in [5.74, 6) is 0.568. The van der Waals surface area contributed by atoms with Gasteiger partial charge in [0.05, 0.1) is 5.69 Å². The molecular weight excluding hydrogens is 170 g/mol. The largest absolute Gasteiger partial charge is 0.357 e. The van der Waals surface area contributed by atoms with Crippen LogP contribution < -0.4 is 10.9 Å². The van der Waals surface area contributed by atoms with Gasteiger partial charge in [-0.1, -0.05) is 0 Å². The molecule has 0 unspecified atom stereocenters. The van der Waals surface area contributed by atoms with E-state index >= 15 is 0 Å². The highest BCUT2D eigenvalue weighted by atomic mass is 16.1. The Morgan fingerprint density at radius 1 is 1.62 bits per heavy atom. The van der Waals surface area contributed by atoms with Gasteiger partial charge in [0.1, 0.15) is 6.33 Å². The molecule has 0 aliphatic rings. The summed E-state index contributed by atoms with van der Waals surface area (Å²) in [6.45, 7) is 1.77. The minimum Gasteiger partial charge on any atom is -0.357 e. The molecule has 2 aromatic rings. The van der Waals surface area contributed by atoms with E-state index < -0.39 is 0 Å². The van der Waals surface area contributed by atoms with Crippen molar-refractivity contribution < 1.29 is 0 Å². The second-order valence-electron chi connectivity index (χ2n) is 2.65. The molecular formula is C7H9N5O. The third-order valence-corrected chi connectivity index (χ3v) is 1.84. The van der Waals surface area contributed by atoms with Crippen LogP contribution in [0.1, 0.15) is 5.69 Å². The standard InChI is InChI=1S/C7H9N5O/c1-4-5-6(13)9-3-10-12(5)7(8-2)11-4/h3H,1-2H3,(H,8,11)(H,9,10,13). The Balaban J connectivity index is 2.96. The van der Waals surface area contributed by atoms with Gasteiger partial charge in [0, 0.05) is 7.05 Å². The molecule has 2 rings (SSSR count). The van der Waals surface area contributed by atoms with Crippen LogP contribution in [0.15, 0.2) is 11.1 Å². The molecule has 0 bridgehead atoms. The van der Waals surface area contributed by atoms with Crippen LogP contribution in [0.2, 0.25) is 0 Å². The smallest absolute Gasteiger partial charge is 0.277 e. The number of aromatic nitrogens is 4. The lowest BCUT2D eigenvalue weighted by Crippen LogP contribution is -2.12. The number of aromatic amines is 1. The van der Waals surface area contributed by atoms with Crippen LogP contribution in [-0.2, 0) is 0 Å². The maximum absolute atomic E-state index is 11.3. The summed E-state index contributed by atoms with van der Waals surface area (Å²) in [6.07, 6.45) is 1.34. The second kappa shape index (κ2) is 2.58. The Morgan fingerprint density at radius 2 is 2.38 bits per heavy atom. The fourth-order valence-corrected chi connectivity index (χ4v) is 1.27. The van der Waals surface area contributed by atoms with Gasteiger partial charge in [-0.25, -0.2) is 4.98 Å². The van der Waals surface area contributed by atoms with Crippen LogP contribution in [0.25, 0.3) is 5.52 Å². The summed E-state index contributed by atoms with van der Waals surface area (Å²) in [6, 6.07) is 0. The van der Waals surface area contributed by atoms with Crippen LogP contribution in [0.5, 0.6) is 0 Å². The lowest BCUT2D eigenvalue weighted by molar-refractivity contribution is 0.884. The first-order valence-corrected chi connectivity index (χ1v) is 3.85. The average molecular weight is 179 g/mol. The first kappa shape index (κ1) is 7.78. The van der Waals surface area contributed by atoms with E-state index in [1.807, 2.05) is 0 Å². The Hall–Kier alpha value is -1.85. The van der Waals surface area contributed by atoms with Gasteiger partial charge in [0.25, 0.3) is 5.56 Å². The third kappa shape index (κ3) is 0.986. The molecule has 0 radical (unpaired) electrons. The number of nitrogens with one attached hydrogen (secondary N) is 2. The quantitative estimate of drug-likeness (QED) is 0.634. The molecule has 2 N–H and O–H groups in total. The summed E-state index contributed by atoms with van der Waals surface area (Å²) in [5.41, 5.74) is 0.965. The molecule has 6 nitrogen and oxygen atoms in total. The second-order valence-corrected chi connectivity index (χ2v) is 2.65. The maximum Gasteiger partial charge on any atom is 0.277 e. The third-order valence-electron chi connectivity index (χ3n) is 1.84. The van der Waals surface area contributed by atoms with Crippen molar-refractivity contribution in [3.63, 3.8) is 0 Å². The van der Waals surface area contributed by atoms with Crippen molar-refractivity contribution >= 4 is 11.5 Å². The first-order chi connectivity index (χ1) is 6.24. The van der Waals surface area contributed by atoms with Crippen molar-refractivity contribution in [2.24, 2.45) is 0 Å². The van der Waals surface area contributed by atoms with Crippen molar-refractivity contribution in [1.29, 1.82) is 0 Å². The number of imidazole rings is 1. The fraction of sp³-hybridized carbons (Fsp3) is 0.286. The van der Waals surface area contributed by atoms with E-state index in [-0.39, 0.29) is 5.56 Å². The Bertz CT molecular complexity index is 497. The first-order valence-electron chi connectivity index (χ1n) is 3.85. The number of nitrogens with zero attached hydrogens (tertiary/aromatic N) is 3. The predicted molar refractivity (Wildman–Crippen MR) is 47.9 cm³/mol. The van der Waals surface area contributed by atoms with Crippen LogP contribution in [0.3, 0.4) is 0 Å². The number of fused-ring (bicyclic) bond motifs is 1. The van der Waals surface area contributed by atoms with Crippen LogP contribution in [-0.4, -0.2) is 26.6 Å². The highest BCUT2D eigenvalue weighted by molar-refractivity contribution is 5.54. The normalized spacial score (nSPS) is 10.6. The van der Waals surface area contributed by atoms with Crippen molar-refractivity contribution in [3.05, 3.63) is 22.4 Å². The SMILES string of the molecule is CNc1nc(C)c2c(=O)[nH]cnn12. The molecule has 13 heavy (non-hydrogen) atoms. The molecule has 0 saturated heterocycles. The zero-order valence-corrected chi connectivity index (χ0v) is 7.33. The van der Waals surface area contributed by atoms with Gasteiger partial charge in [-0.2, -0.15) is 9.61 Å². The highest BCUT2D eigenvalue weighted by Gasteiger charge is 2.09. The minimum absolute atomic E-state index is 0.179. The van der Waals surface area contributed by atoms with E-state index in [1.165, 1.54) is 10.8 Å². The van der Waals surface area contributed by atoms with Gasteiger partial charge in [-0.3, -0.25) is 4.79 Å². The molecule has 68 valence electrons. The summed E-state index contributed by atoms with van der Waals surface area (Å²) in [4.78, 5) is 18.0. The molecule has 0 spiro atoms. The molecule has 2 heterocycles. The molecule has 6 heteroatoms. The number of hydrogen-bond donors (Lipinski definition) is 2. The van der Waals surface area contributed by atoms with Gasteiger partial charge in [0.15, 0.2) is 5.52 Å². The topological polar surface area (TPSA) is 75.1 Å². The molecule has 0 atom stereocenters. The summed E-state index contributed by atoms with van der Waals surface area (Å²) in [5, 5.41) is 6.82. The fourth-order valence-electron chi connectivity index (χ4n) is 1.27. The number of hydrogen-bond acceptors (Lipinski definition) is 4. The van der Waals surface area contributed by atoms with E-state index in [9.17, 15) is 4.79 Å². The van der Waals surface area contributed by atoms with E-state index in [4.69, 9.17) is 0 Å². The van der Waals surface area contributed by atoms with Crippen molar-refractivity contribution in [2.45, 2.75) is 6.92 Å². The van der Waals surface area contributed by atoms with E-state index in [0.717, 1.165) is 0 Å². The number of anilines is 1. The van der Waals surface area contributed by atoms with Crippen LogP contribution in [0, 0.1) is 6.92 Å². The van der Waals surface area contributed by atoms with Crippen molar-refractivity contribution in [2.75, 3.05) is 12.4 Å². The number of H-pyrrole nitrogens is 1. The van der Waals surface area contributed by atoms with E-state index in [1.54, 1.807) is 14.0 Å². The minimum atomic E-state index is -0.179. The molecule has 0 aliphatic carbocycles. The lowest BCUT2D eigenvalue weighted by atomic mass is 10.4. The molecule has 0 amide bonds. The maximum atomic E-state index is 11.3. The summed E-state index contributed by atoms with van der Waals surface area (Å²) in [7, 11) is 1.73. The molecule has 0 saturated carbocycles. The number of rotatable bonds is 1. The van der Waals surface area contributed by atoms with E-state index in [2.05, 4.69) is 20.4 Å². The van der Waals surface area contributed by atoms with Crippen molar-refractivity contribution in [1.82, 2.24) is 19.6 Å².